The monoisotopic (exact) mass is 491 g/mol. The molecule has 3 rings (SSSR count). The van der Waals surface area contributed by atoms with Crippen LogP contribution in [0.3, 0.4) is 0 Å². The van der Waals surface area contributed by atoms with Crippen LogP contribution < -0.4 is 15.4 Å². The summed E-state index contributed by atoms with van der Waals surface area (Å²) in [6.07, 6.45) is -0.371. The highest BCUT2D eigenvalue weighted by atomic mass is 16.5. The van der Waals surface area contributed by atoms with E-state index in [1.807, 2.05) is 24.3 Å². The number of amides is 2. The van der Waals surface area contributed by atoms with E-state index in [1.165, 1.54) is 7.11 Å². The van der Waals surface area contributed by atoms with Gasteiger partial charge in [-0.15, -0.1) is 0 Å². The van der Waals surface area contributed by atoms with Crippen LogP contribution in [0, 0.1) is 5.92 Å². The summed E-state index contributed by atoms with van der Waals surface area (Å²) >= 11 is 0. The third-order valence-corrected chi connectivity index (χ3v) is 5.49. The van der Waals surface area contributed by atoms with Gasteiger partial charge in [-0.3, -0.25) is 19.2 Å². The molecule has 188 valence electrons. The van der Waals surface area contributed by atoms with E-state index in [0.29, 0.717) is 11.3 Å². The van der Waals surface area contributed by atoms with E-state index >= 15 is 0 Å². The summed E-state index contributed by atoms with van der Waals surface area (Å²) in [5.74, 6) is -2.16. The number of esters is 1. The van der Waals surface area contributed by atoms with Gasteiger partial charge in [0.1, 0.15) is 30.1 Å². The normalized spacial score (nSPS) is 12.4. The Balaban J connectivity index is 1.71. The van der Waals surface area contributed by atoms with Crippen molar-refractivity contribution in [2.24, 2.45) is 5.92 Å². The zero-order chi connectivity index (χ0) is 26.1. The number of hydrogen-bond donors (Lipinski definition) is 2. The predicted octanol–water partition coefficient (Wildman–Crippen LogP) is 2.69. The van der Waals surface area contributed by atoms with Crippen molar-refractivity contribution >= 4 is 34.5 Å². The minimum Gasteiger partial charge on any atom is -0.486 e. The second-order valence-corrected chi connectivity index (χ2v) is 8.49. The average molecular weight is 492 g/mol. The van der Waals surface area contributed by atoms with Gasteiger partial charge in [0.15, 0.2) is 5.78 Å². The Bertz CT molecular complexity index is 1230. The van der Waals surface area contributed by atoms with Gasteiger partial charge in [0.25, 0.3) is 5.91 Å². The number of aromatic nitrogens is 1. The Labute approximate surface area is 209 Å². The first-order valence-corrected chi connectivity index (χ1v) is 11.5. The van der Waals surface area contributed by atoms with E-state index in [-0.39, 0.29) is 24.6 Å². The summed E-state index contributed by atoms with van der Waals surface area (Å²) in [5.41, 5.74) is 0.809. The summed E-state index contributed by atoms with van der Waals surface area (Å²) in [5, 5.41) is 6.16. The fourth-order valence-electron chi connectivity index (χ4n) is 3.47. The first-order chi connectivity index (χ1) is 17.3. The summed E-state index contributed by atoms with van der Waals surface area (Å²) in [6.45, 7) is 3.16. The van der Waals surface area contributed by atoms with Crippen molar-refractivity contribution in [3.05, 3.63) is 72.4 Å². The molecule has 2 amide bonds. The van der Waals surface area contributed by atoms with Gasteiger partial charge in [-0.05, 0) is 30.2 Å². The molecule has 0 aliphatic rings. The van der Waals surface area contributed by atoms with Crippen molar-refractivity contribution in [2.45, 2.75) is 32.4 Å². The number of hydrogen-bond acceptors (Lipinski definition) is 7. The van der Waals surface area contributed by atoms with Crippen LogP contribution in [0.4, 0.5) is 0 Å². The molecular weight excluding hydrogens is 462 g/mol. The van der Waals surface area contributed by atoms with Crippen molar-refractivity contribution < 1.29 is 28.7 Å². The number of Topliss-reactive ketones (excluding diaryl/α,β-unsaturated/α-hetero) is 1. The lowest BCUT2D eigenvalue weighted by Gasteiger charge is -2.24. The number of methoxy groups -OCH3 is 1. The number of ketones is 1. The van der Waals surface area contributed by atoms with Gasteiger partial charge in [-0.1, -0.05) is 56.3 Å². The molecule has 2 aromatic carbocycles. The Morgan fingerprint density at radius 1 is 0.889 bits per heavy atom. The molecule has 3 aromatic rings. The molecule has 0 saturated carbocycles. The minimum atomic E-state index is -1.19. The lowest BCUT2D eigenvalue weighted by Crippen LogP contribution is -2.54. The number of pyridine rings is 1. The Morgan fingerprint density at radius 3 is 2.28 bits per heavy atom. The maximum Gasteiger partial charge on any atom is 0.308 e. The highest BCUT2D eigenvalue weighted by Gasteiger charge is 2.31. The summed E-state index contributed by atoms with van der Waals surface area (Å²) in [7, 11) is 1.19. The quantitative estimate of drug-likeness (QED) is 0.395. The molecule has 0 aliphatic heterocycles. The highest BCUT2D eigenvalue weighted by molar-refractivity contribution is 5.99. The first-order valence-electron chi connectivity index (χ1n) is 11.5. The smallest absolute Gasteiger partial charge is 0.308 e. The van der Waals surface area contributed by atoms with Crippen molar-refractivity contribution in [1.82, 2.24) is 15.6 Å². The molecule has 1 aromatic heterocycles. The van der Waals surface area contributed by atoms with Crippen molar-refractivity contribution in [1.29, 1.82) is 0 Å². The van der Waals surface area contributed by atoms with E-state index in [2.05, 4.69) is 20.4 Å². The molecule has 36 heavy (non-hydrogen) atoms. The molecule has 0 spiro atoms. The molecule has 1 heterocycles. The fraction of sp³-hybridized carbons (Fsp3) is 0.296. The van der Waals surface area contributed by atoms with Gasteiger partial charge >= 0.3 is 5.97 Å². The van der Waals surface area contributed by atoms with E-state index in [9.17, 15) is 19.2 Å². The maximum atomic E-state index is 13.1. The lowest BCUT2D eigenvalue weighted by molar-refractivity contribution is -0.143. The van der Waals surface area contributed by atoms with E-state index in [1.54, 1.807) is 56.3 Å². The molecule has 2 atom stereocenters. The fourth-order valence-corrected chi connectivity index (χ4v) is 3.47. The predicted molar refractivity (Wildman–Crippen MR) is 133 cm³/mol. The number of carbonyl (C=O) groups is 4. The zero-order valence-electron chi connectivity index (χ0n) is 20.4. The van der Waals surface area contributed by atoms with Crippen LogP contribution in [0.15, 0.2) is 66.7 Å². The number of fused-ring (bicyclic) bond motifs is 1. The number of para-hydroxylation sites is 2. The topological polar surface area (TPSA) is 124 Å². The van der Waals surface area contributed by atoms with Crippen molar-refractivity contribution in [3.63, 3.8) is 0 Å². The van der Waals surface area contributed by atoms with Gasteiger partial charge in [0.2, 0.25) is 5.91 Å². The van der Waals surface area contributed by atoms with Crippen molar-refractivity contribution in [2.75, 3.05) is 13.7 Å². The Morgan fingerprint density at radius 2 is 1.58 bits per heavy atom. The molecule has 0 radical (unpaired) electrons. The van der Waals surface area contributed by atoms with Crippen LogP contribution in [0.1, 0.15) is 30.8 Å². The first kappa shape index (κ1) is 26.3. The molecule has 0 fully saturated rings. The third-order valence-electron chi connectivity index (χ3n) is 5.49. The Hall–Kier alpha value is -4.27. The summed E-state index contributed by atoms with van der Waals surface area (Å²) in [4.78, 5) is 55.1. The number of nitrogens with one attached hydrogen (secondary N) is 2. The van der Waals surface area contributed by atoms with Crippen LogP contribution in [-0.2, 0) is 19.1 Å². The number of benzene rings is 2. The minimum absolute atomic E-state index is 0.158. The second kappa shape index (κ2) is 12.4. The summed E-state index contributed by atoms with van der Waals surface area (Å²) in [6, 6.07) is 17.3. The maximum absolute atomic E-state index is 13.1. The SMILES string of the molecule is COC(=O)C[C@H](NC(=O)[C@@H](NC(=O)c1ccc2ccccc2n1)C(C)C)C(=O)COc1ccccc1. The highest BCUT2D eigenvalue weighted by Crippen LogP contribution is 2.13. The molecule has 2 N–H and O–H groups in total. The van der Waals surface area contributed by atoms with Gasteiger partial charge in [-0.2, -0.15) is 0 Å². The molecule has 0 saturated heterocycles. The second-order valence-electron chi connectivity index (χ2n) is 8.49. The van der Waals surface area contributed by atoms with Gasteiger partial charge in [-0.25, -0.2) is 4.98 Å². The van der Waals surface area contributed by atoms with E-state index < -0.39 is 35.7 Å². The van der Waals surface area contributed by atoms with Crippen LogP contribution in [0.25, 0.3) is 10.9 Å². The molecule has 0 unspecified atom stereocenters. The number of ether oxygens (including phenoxy) is 2. The van der Waals surface area contributed by atoms with E-state index in [4.69, 9.17) is 4.74 Å². The van der Waals surface area contributed by atoms with Crippen LogP contribution >= 0.6 is 0 Å². The number of nitrogens with zero attached hydrogens (tertiary/aromatic N) is 1. The lowest BCUT2D eigenvalue weighted by atomic mass is 10.0. The molecule has 9 nitrogen and oxygen atoms in total. The molecule has 0 bridgehead atoms. The third kappa shape index (κ3) is 7.11. The number of rotatable bonds is 11. The van der Waals surface area contributed by atoms with E-state index in [0.717, 1.165) is 5.39 Å². The van der Waals surface area contributed by atoms with Crippen LogP contribution in [-0.4, -0.2) is 54.4 Å². The molecular formula is C27H29N3O6. The van der Waals surface area contributed by atoms with Gasteiger partial charge in [0, 0.05) is 5.39 Å². The van der Waals surface area contributed by atoms with Gasteiger partial charge in [0.05, 0.1) is 19.0 Å². The van der Waals surface area contributed by atoms with Crippen molar-refractivity contribution in [3.8, 4) is 5.75 Å². The largest absolute Gasteiger partial charge is 0.486 e. The van der Waals surface area contributed by atoms with Crippen LogP contribution in [0.5, 0.6) is 5.75 Å². The Kier molecular flexibility index (Phi) is 9.10. The van der Waals surface area contributed by atoms with Crippen LogP contribution in [0.2, 0.25) is 0 Å². The summed E-state index contributed by atoms with van der Waals surface area (Å²) < 4.78 is 10.2. The van der Waals surface area contributed by atoms with Gasteiger partial charge < -0.3 is 20.1 Å². The molecule has 0 aliphatic carbocycles. The molecule has 9 heteroatoms. The standard InChI is InChI=1S/C27H29N3O6/c1-17(2)25(30-26(33)21-14-13-18-9-7-8-12-20(18)28-21)27(34)29-22(15-24(32)35-3)23(31)16-36-19-10-5-4-6-11-19/h4-14,17,22,25H,15-16H2,1-3H3,(H,29,34)(H,30,33)/t22-,25-/m0/s1. The average Bonchev–Trinajstić information content (AvgIpc) is 2.89. The number of carbonyl (C=O) groups excluding carboxylic acids is 4. The zero-order valence-corrected chi connectivity index (χ0v) is 20.4.